The molecule has 5 heteroatoms. The summed E-state index contributed by atoms with van der Waals surface area (Å²) >= 11 is 0. The second kappa shape index (κ2) is 10.3. The Kier molecular flexibility index (Phi) is 7.31. The largest absolute Gasteiger partial charge is 0.493 e. The number of guanidine groups is 1. The molecular weight excluding hydrogens is 360 g/mol. The number of benzene rings is 1. The number of likely N-dealkylation sites (tertiary alicyclic amines) is 1. The number of hydrogen-bond donors (Lipinski definition) is 2. The second-order valence-corrected chi connectivity index (χ2v) is 8.80. The predicted octanol–water partition coefficient (Wildman–Crippen LogP) is 3.52. The molecule has 0 aromatic heterocycles. The predicted molar refractivity (Wildman–Crippen MR) is 120 cm³/mol. The fraction of sp³-hybridized carbons (Fsp3) is 0.708. The van der Waals surface area contributed by atoms with Crippen LogP contribution in [-0.2, 0) is 12.8 Å². The Balaban J connectivity index is 1.24. The van der Waals surface area contributed by atoms with Gasteiger partial charge in [-0.2, -0.15) is 0 Å². The van der Waals surface area contributed by atoms with Crippen molar-refractivity contribution in [2.75, 3.05) is 32.8 Å². The van der Waals surface area contributed by atoms with Crippen molar-refractivity contribution in [2.24, 2.45) is 4.99 Å². The average molecular weight is 399 g/mol. The summed E-state index contributed by atoms with van der Waals surface area (Å²) in [6.45, 7) is 7.16. The summed E-state index contributed by atoms with van der Waals surface area (Å²) < 4.78 is 5.61. The molecule has 2 heterocycles. The highest BCUT2D eigenvalue weighted by Crippen LogP contribution is 2.26. The van der Waals surface area contributed by atoms with Crippen molar-refractivity contribution in [1.82, 2.24) is 15.5 Å². The van der Waals surface area contributed by atoms with Gasteiger partial charge in [-0.1, -0.05) is 31.4 Å². The van der Waals surface area contributed by atoms with E-state index in [1.807, 2.05) is 0 Å². The monoisotopic (exact) mass is 398 g/mol. The SMILES string of the molecule is CCNC(=NCCc1ccc2c(c1)CCO2)NC1CCN(C2CCCCC2)CC1. The number of nitrogens with one attached hydrogen (secondary N) is 2. The molecule has 1 aromatic carbocycles. The first kappa shape index (κ1) is 20.5. The molecule has 3 aliphatic rings. The van der Waals surface area contributed by atoms with Gasteiger partial charge in [0.05, 0.1) is 6.61 Å². The van der Waals surface area contributed by atoms with Crippen LogP contribution in [0.25, 0.3) is 0 Å². The molecule has 2 aliphatic heterocycles. The van der Waals surface area contributed by atoms with E-state index in [0.717, 1.165) is 50.3 Å². The smallest absolute Gasteiger partial charge is 0.191 e. The van der Waals surface area contributed by atoms with Gasteiger partial charge in [0, 0.05) is 44.7 Å². The first-order chi connectivity index (χ1) is 14.3. The van der Waals surface area contributed by atoms with Crippen LogP contribution >= 0.6 is 0 Å². The van der Waals surface area contributed by atoms with Crippen molar-refractivity contribution < 1.29 is 4.74 Å². The molecule has 5 nitrogen and oxygen atoms in total. The minimum absolute atomic E-state index is 0.546. The molecule has 1 aromatic rings. The van der Waals surface area contributed by atoms with Crippen LogP contribution in [0.2, 0.25) is 0 Å². The molecule has 0 atom stereocenters. The Labute approximate surface area is 176 Å². The highest BCUT2D eigenvalue weighted by atomic mass is 16.5. The fourth-order valence-electron chi connectivity index (χ4n) is 5.06. The summed E-state index contributed by atoms with van der Waals surface area (Å²) in [5, 5.41) is 7.14. The van der Waals surface area contributed by atoms with Crippen LogP contribution in [0.15, 0.2) is 23.2 Å². The highest BCUT2D eigenvalue weighted by Gasteiger charge is 2.26. The Morgan fingerprint density at radius 2 is 1.97 bits per heavy atom. The number of aliphatic imine (C=N–C) groups is 1. The van der Waals surface area contributed by atoms with Crippen molar-refractivity contribution >= 4 is 5.96 Å². The van der Waals surface area contributed by atoms with E-state index < -0.39 is 0 Å². The normalized spacial score (nSPS) is 21.6. The summed E-state index contributed by atoms with van der Waals surface area (Å²) in [5.41, 5.74) is 2.70. The van der Waals surface area contributed by atoms with Crippen LogP contribution in [0.3, 0.4) is 0 Å². The van der Waals surface area contributed by atoms with Crippen molar-refractivity contribution in [3.8, 4) is 5.75 Å². The molecule has 29 heavy (non-hydrogen) atoms. The lowest BCUT2D eigenvalue weighted by molar-refractivity contribution is 0.119. The van der Waals surface area contributed by atoms with Crippen LogP contribution in [0.1, 0.15) is 63.0 Å². The quantitative estimate of drug-likeness (QED) is 0.569. The van der Waals surface area contributed by atoms with Crippen molar-refractivity contribution in [1.29, 1.82) is 0 Å². The lowest BCUT2D eigenvalue weighted by Gasteiger charge is -2.39. The number of rotatable bonds is 6. The van der Waals surface area contributed by atoms with Crippen LogP contribution in [-0.4, -0.2) is 55.7 Å². The summed E-state index contributed by atoms with van der Waals surface area (Å²) in [5.74, 6) is 2.04. The third kappa shape index (κ3) is 5.65. The summed E-state index contributed by atoms with van der Waals surface area (Å²) in [4.78, 5) is 7.60. The van der Waals surface area contributed by atoms with E-state index >= 15 is 0 Å². The molecule has 160 valence electrons. The third-order valence-corrected chi connectivity index (χ3v) is 6.73. The van der Waals surface area contributed by atoms with Crippen molar-refractivity contribution in [3.63, 3.8) is 0 Å². The van der Waals surface area contributed by atoms with E-state index in [0.29, 0.717) is 6.04 Å². The van der Waals surface area contributed by atoms with Gasteiger partial charge in [0.1, 0.15) is 5.75 Å². The average Bonchev–Trinajstić information content (AvgIpc) is 3.23. The minimum atomic E-state index is 0.546. The molecule has 1 saturated carbocycles. The first-order valence-corrected chi connectivity index (χ1v) is 11.9. The Morgan fingerprint density at radius 3 is 2.76 bits per heavy atom. The molecule has 1 saturated heterocycles. The number of ether oxygens (including phenoxy) is 1. The Morgan fingerprint density at radius 1 is 1.14 bits per heavy atom. The number of nitrogens with zero attached hydrogens (tertiary/aromatic N) is 2. The number of piperidine rings is 1. The van der Waals surface area contributed by atoms with Gasteiger partial charge in [-0.15, -0.1) is 0 Å². The minimum Gasteiger partial charge on any atom is -0.493 e. The summed E-state index contributed by atoms with van der Waals surface area (Å²) in [7, 11) is 0. The zero-order valence-electron chi connectivity index (χ0n) is 18.1. The molecular formula is C24H38N4O. The third-order valence-electron chi connectivity index (χ3n) is 6.73. The van der Waals surface area contributed by atoms with Gasteiger partial charge in [-0.25, -0.2) is 0 Å². The lowest BCUT2D eigenvalue weighted by Crippen LogP contribution is -2.51. The number of fused-ring (bicyclic) bond motifs is 1. The van der Waals surface area contributed by atoms with Crippen LogP contribution < -0.4 is 15.4 Å². The molecule has 4 rings (SSSR count). The standard InChI is InChI=1S/C24H38N4O/c1-2-25-24(26-14-10-19-8-9-23-20(18-19)13-17-29-23)27-21-11-15-28(16-12-21)22-6-4-3-5-7-22/h8-9,18,21-22H,2-7,10-17H2,1H3,(H2,25,26,27). The van der Waals surface area contributed by atoms with Gasteiger partial charge < -0.3 is 20.3 Å². The van der Waals surface area contributed by atoms with E-state index in [9.17, 15) is 0 Å². The maximum atomic E-state index is 5.61. The van der Waals surface area contributed by atoms with Gasteiger partial charge in [0.2, 0.25) is 0 Å². The second-order valence-electron chi connectivity index (χ2n) is 8.80. The highest BCUT2D eigenvalue weighted by molar-refractivity contribution is 5.80. The zero-order valence-corrected chi connectivity index (χ0v) is 18.1. The Hall–Kier alpha value is -1.75. The Bertz CT molecular complexity index is 675. The van der Waals surface area contributed by atoms with E-state index in [1.165, 1.54) is 69.2 Å². The van der Waals surface area contributed by atoms with E-state index in [2.05, 4.69) is 40.7 Å². The fourth-order valence-corrected chi connectivity index (χ4v) is 5.06. The van der Waals surface area contributed by atoms with Gasteiger partial charge in [0.25, 0.3) is 0 Å². The lowest BCUT2D eigenvalue weighted by atomic mass is 9.92. The number of hydrogen-bond acceptors (Lipinski definition) is 3. The van der Waals surface area contributed by atoms with Gasteiger partial charge in [0.15, 0.2) is 5.96 Å². The maximum absolute atomic E-state index is 5.61. The van der Waals surface area contributed by atoms with E-state index in [-0.39, 0.29) is 0 Å². The summed E-state index contributed by atoms with van der Waals surface area (Å²) in [6, 6.07) is 7.99. The molecule has 2 fully saturated rings. The van der Waals surface area contributed by atoms with E-state index in [1.54, 1.807) is 0 Å². The molecule has 0 amide bonds. The zero-order chi connectivity index (χ0) is 19.9. The molecule has 0 radical (unpaired) electrons. The summed E-state index contributed by atoms with van der Waals surface area (Å²) in [6.07, 6.45) is 11.6. The van der Waals surface area contributed by atoms with Crippen LogP contribution in [0, 0.1) is 0 Å². The molecule has 2 N–H and O–H groups in total. The molecule has 0 bridgehead atoms. The van der Waals surface area contributed by atoms with Gasteiger partial charge in [-0.3, -0.25) is 4.99 Å². The molecule has 0 unspecified atom stereocenters. The van der Waals surface area contributed by atoms with Gasteiger partial charge in [-0.05, 0) is 56.2 Å². The van der Waals surface area contributed by atoms with E-state index in [4.69, 9.17) is 9.73 Å². The first-order valence-electron chi connectivity index (χ1n) is 11.9. The van der Waals surface area contributed by atoms with Crippen LogP contribution in [0.5, 0.6) is 5.75 Å². The van der Waals surface area contributed by atoms with Crippen LogP contribution in [0.4, 0.5) is 0 Å². The van der Waals surface area contributed by atoms with Crippen molar-refractivity contribution in [2.45, 2.75) is 76.8 Å². The van der Waals surface area contributed by atoms with Gasteiger partial charge >= 0.3 is 0 Å². The van der Waals surface area contributed by atoms with Crippen molar-refractivity contribution in [3.05, 3.63) is 29.3 Å². The maximum Gasteiger partial charge on any atom is 0.191 e. The molecule has 1 aliphatic carbocycles. The topological polar surface area (TPSA) is 48.9 Å². The molecule has 0 spiro atoms.